The minimum Gasteiger partial charge on any atom is -0.339 e. The summed E-state index contributed by atoms with van der Waals surface area (Å²) >= 11 is 0. The molecule has 2 heterocycles. The molecule has 7 nitrogen and oxygen atoms in total. The van der Waals surface area contributed by atoms with Crippen molar-refractivity contribution in [1.82, 2.24) is 19.7 Å². The molecule has 2 aromatic heterocycles. The summed E-state index contributed by atoms with van der Waals surface area (Å²) < 4.78 is 7.10. The van der Waals surface area contributed by atoms with Gasteiger partial charge in [-0.1, -0.05) is 41.6 Å². The topological polar surface area (TPSA) is 85.8 Å². The summed E-state index contributed by atoms with van der Waals surface area (Å²) in [5, 5.41) is 6.68. The molecule has 0 aliphatic rings. The lowest BCUT2D eigenvalue weighted by molar-refractivity contribution is -0.116. The number of nitrogens with zero attached hydrogens (tertiary/aromatic N) is 4. The first-order valence-electron chi connectivity index (χ1n) is 9.19. The van der Waals surface area contributed by atoms with E-state index >= 15 is 0 Å². The third-order valence-electron chi connectivity index (χ3n) is 4.63. The molecule has 0 spiro atoms. The van der Waals surface area contributed by atoms with E-state index in [4.69, 9.17) is 4.52 Å². The van der Waals surface area contributed by atoms with Crippen LogP contribution in [0, 0.1) is 13.8 Å². The van der Waals surface area contributed by atoms with Gasteiger partial charge in [-0.25, -0.2) is 4.98 Å². The molecule has 28 heavy (non-hydrogen) atoms. The Labute approximate surface area is 162 Å². The number of amides is 1. The minimum absolute atomic E-state index is 0.141. The van der Waals surface area contributed by atoms with Gasteiger partial charge in [-0.3, -0.25) is 10.1 Å². The van der Waals surface area contributed by atoms with Crippen LogP contribution < -0.4 is 5.32 Å². The smallest absolute Gasteiger partial charge is 0.227 e. The fourth-order valence-corrected chi connectivity index (χ4v) is 3.14. The van der Waals surface area contributed by atoms with E-state index in [0.29, 0.717) is 30.6 Å². The Morgan fingerprint density at radius 2 is 1.86 bits per heavy atom. The van der Waals surface area contributed by atoms with E-state index in [1.165, 1.54) is 11.1 Å². The van der Waals surface area contributed by atoms with Crippen LogP contribution in [0.25, 0.3) is 11.0 Å². The Kier molecular flexibility index (Phi) is 4.89. The van der Waals surface area contributed by atoms with Crippen LogP contribution in [-0.4, -0.2) is 25.6 Å². The number of carbonyl (C=O) groups excluding carboxylic acids is 1. The summed E-state index contributed by atoms with van der Waals surface area (Å²) in [4.78, 5) is 21.2. The average molecular weight is 375 g/mol. The quantitative estimate of drug-likeness (QED) is 0.556. The van der Waals surface area contributed by atoms with Crippen molar-refractivity contribution in [3.8, 4) is 0 Å². The highest BCUT2D eigenvalue weighted by atomic mass is 16.5. The largest absolute Gasteiger partial charge is 0.339 e. The maximum Gasteiger partial charge on any atom is 0.227 e. The van der Waals surface area contributed by atoms with Crippen molar-refractivity contribution in [2.75, 3.05) is 5.32 Å². The lowest BCUT2D eigenvalue weighted by Crippen LogP contribution is -2.17. The van der Waals surface area contributed by atoms with Crippen molar-refractivity contribution >= 4 is 22.9 Å². The van der Waals surface area contributed by atoms with Gasteiger partial charge < -0.3 is 9.09 Å². The Bertz CT molecular complexity index is 1130. The molecule has 1 N–H and O–H groups in total. The summed E-state index contributed by atoms with van der Waals surface area (Å²) in [6, 6.07) is 16.1. The van der Waals surface area contributed by atoms with Crippen molar-refractivity contribution in [2.24, 2.45) is 0 Å². The van der Waals surface area contributed by atoms with Crippen LogP contribution in [0.1, 0.15) is 29.3 Å². The summed E-state index contributed by atoms with van der Waals surface area (Å²) in [5.41, 5.74) is 4.21. The maximum atomic E-state index is 12.5. The number of rotatable bonds is 6. The van der Waals surface area contributed by atoms with Gasteiger partial charge in [0.05, 0.1) is 17.6 Å². The summed E-state index contributed by atoms with van der Waals surface area (Å²) in [6.45, 7) is 4.46. The predicted octanol–water partition coefficient (Wildman–Crippen LogP) is 3.66. The van der Waals surface area contributed by atoms with Gasteiger partial charge in [0, 0.05) is 12.8 Å². The predicted molar refractivity (Wildman–Crippen MR) is 106 cm³/mol. The van der Waals surface area contributed by atoms with E-state index in [0.717, 1.165) is 11.0 Å². The van der Waals surface area contributed by atoms with Gasteiger partial charge in [-0.15, -0.1) is 0 Å². The molecule has 0 saturated heterocycles. The monoisotopic (exact) mass is 375 g/mol. The highest BCUT2D eigenvalue weighted by molar-refractivity contribution is 5.91. The van der Waals surface area contributed by atoms with Crippen molar-refractivity contribution in [2.45, 2.75) is 33.2 Å². The van der Waals surface area contributed by atoms with E-state index in [-0.39, 0.29) is 12.3 Å². The molecule has 142 valence electrons. The molecule has 0 aliphatic carbocycles. The van der Waals surface area contributed by atoms with Crippen LogP contribution in [-0.2, 0) is 17.8 Å². The first-order chi connectivity index (χ1) is 13.6. The van der Waals surface area contributed by atoms with Crippen molar-refractivity contribution in [3.05, 3.63) is 71.4 Å². The Morgan fingerprint density at radius 3 is 2.64 bits per heavy atom. The number of anilines is 1. The second-order valence-corrected chi connectivity index (χ2v) is 6.72. The molecule has 0 fully saturated rings. The van der Waals surface area contributed by atoms with E-state index in [2.05, 4.69) is 39.5 Å². The number of fused-ring (bicyclic) bond motifs is 1. The molecule has 0 bridgehead atoms. The maximum absolute atomic E-state index is 12.5. The van der Waals surface area contributed by atoms with Crippen molar-refractivity contribution in [3.63, 3.8) is 0 Å². The minimum atomic E-state index is -0.141. The third kappa shape index (κ3) is 3.78. The molecule has 1 amide bonds. The number of carbonyl (C=O) groups is 1. The molecule has 4 rings (SSSR count). The molecular formula is C21H21N5O2. The summed E-state index contributed by atoms with van der Waals surface area (Å²) in [6.07, 6.45) is 0.639. The van der Waals surface area contributed by atoms with E-state index in [9.17, 15) is 4.79 Å². The van der Waals surface area contributed by atoms with Crippen molar-refractivity contribution < 1.29 is 9.32 Å². The number of hydrogen-bond donors (Lipinski definition) is 1. The molecule has 2 aromatic carbocycles. The van der Waals surface area contributed by atoms with E-state index < -0.39 is 0 Å². The zero-order chi connectivity index (χ0) is 19.5. The second-order valence-electron chi connectivity index (χ2n) is 6.72. The van der Waals surface area contributed by atoms with Crippen LogP contribution in [0.2, 0.25) is 0 Å². The third-order valence-corrected chi connectivity index (χ3v) is 4.63. The lowest BCUT2D eigenvalue weighted by Gasteiger charge is -2.12. The van der Waals surface area contributed by atoms with Gasteiger partial charge in [-0.05, 0) is 37.1 Å². The molecule has 0 saturated carbocycles. The number of hydrogen-bond acceptors (Lipinski definition) is 5. The molecular weight excluding hydrogens is 354 g/mol. The average Bonchev–Trinajstić information content (AvgIpc) is 3.25. The zero-order valence-electron chi connectivity index (χ0n) is 15.8. The van der Waals surface area contributed by atoms with Gasteiger partial charge >= 0.3 is 0 Å². The fraction of sp³-hybridized carbons (Fsp3) is 0.238. The number of para-hydroxylation sites is 2. The number of imidazole rings is 1. The molecule has 4 aromatic rings. The van der Waals surface area contributed by atoms with Crippen LogP contribution in [0.3, 0.4) is 0 Å². The van der Waals surface area contributed by atoms with Gasteiger partial charge in [0.25, 0.3) is 0 Å². The standard InChI is InChI=1S/C21H21N5O2/c1-14-7-3-4-8-16(14)13-26-18-10-6-5-9-17(18)23-21(26)24-19(27)11-12-20-22-15(2)25-28-20/h3-10H,11-13H2,1-2H3,(H,23,24,27). The number of aryl methyl sites for hydroxylation is 3. The number of nitrogens with one attached hydrogen (secondary N) is 1. The summed E-state index contributed by atoms with van der Waals surface area (Å²) in [7, 11) is 0. The van der Waals surface area contributed by atoms with E-state index in [1.807, 2.05) is 41.0 Å². The van der Waals surface area contributed by atoms with Crippen LogP contribution >= 0.6 is 0 Å². The normalized spacial score (nSPS) is 11.1. The molecule has 0 aliphatic heterocycles. The van der Waals surface area contributed by atoms with Crippen molar-refractivity contribution in [1.29, 1.82) is 0 Å². The SMILES string of the molecule is Cc1noc(CCC(=O)Nc2nc3ccccc3n2Cc2ccccc2C)n1. The molecule has 0 atom stereocenters. The Morgan fingerprint density at radius 1 is 1.07 bits per heavy atom. The highest BCUT2D eigenvalue weighted by Gasteiger charge is 2.15. The molecule has 0 unspecified atom stereocenters. The first-order valence-corrected chi connectivity index (χ1v) is 9.19. The highest BCUT2D eigenvalue weighted by Crippen LogP contribution is 2.22. The first kappa shape index (κ1) is 17.9. The number of benzene rings is 2. The van der Waals surface area contributed by atoms with E-state index in [1.54, 1.807) is 6.92 Å². The molecule has 0 radical (unpaired) electrons. The summed E-state index contributed by atoms with van der Waals surface area (Å²) in [5.74, 6) is 1.42. The van der Waals surface area contributed by atoms with Crippen LogP contribution in [0.15, 0.2) is 53.1 Å². The van der Waals surface area contributed by atoms with Crippen LogP contribution in [0.5, 0.6) is 0 Å². The Balaban J connectivity index is 1.57. The Hall–Kier alpha value is -3.48. The lowest BCUT2D eigenvalue weighted by atomic mass is 10.1. The zero-order valence-corrected chi connectivity index (χ0v) is 15.8. The molecule has 7 heteroatoms. The second kappa shape index (κ2) is 7.64. The van der Waals surface area contributed by atoms with Gasteiger partial charge in [0.15, 0.2) is 5.82 Å². The van der Waals surface area contributed by atoms with Gasteiger partial charge in [0.2, 0.25) is 17.7 Å². The van der Waals surface area contributed by atoms with Gasteiger partial charge in [0.1, 0.15) is 0 Å². The van der Waals surface area contributed by atoms with Gasteiger partial charge in [-0.2, -0.15) is 4.98 Å². The van der Waals surface area contributed by atoms with Crippen LogP contribution in [0.4, 0.5) is 5.95 Å². The fourth-order valence-electron chi connectivity index (χ4n) is 3.14. The number of aromatic nitrogens is 4.